The predicted octanol–water partition coefficient (Wildman–Crippen LogP) is 1.69. The Morgan fingerprint density at radius 2 is 2.06 bits per heavy atom. The number of methoxy groups -OCH3 is 2. The van der Waals surface area contributed by atoms with Gasteiger partial charge in [-0.05, 0) is 25.2 Å². The van der Waals surface area contributed by atoms with E-state index in [9.17, 15) is 0 Å². The van der Waals surface area contributed by atoms with Crippen molar-refractivity contribution in [1.29, 1.82) is 0 Å². The molecule has 0 aliphatic carbocycles. The molecule has 4 heteroatoms. The first-order valence-corrected chi connectivity index (χ1v) is 7.01. The molecule has 1 saturated heterocycles. The van der Waals surface area contributed by atoms with Gasteiger partial charge in [0.15, 0.2) is 0 Å². The summed E-state index contributed by atoms with van der Waals surface area (Å²) in [6.07, 6.45) is 3.52. The van der Waals surface area contributed by atoms with Gasteiger partial charge in [0.1, 0.15) is 0 Å². The van der Waals surface area contributed by atoms with Crippen LogP contribution >= 0.6 is 0 Å². The zero-order valence-corrected chi connectivity index (χ0v) is 12.2. The van der Waals surface area contributed by atoms with Gasteiger partial charge in [-0.25, -0.2) is 0 Å². The third-order valence-corrected chi connectivity index (χ3v) is 4.11. The second-order valence-electron chi connectivity index (χ2n) is 5.37. The molecule has 0 bridgehead atoms. The summed E-state index contributed by atoms with van der Waals surface area (Å²) in [4.78, 5) is 0. The molecule has 1 fully saturated rings. The molecule has 0 amide bonds. The second-order valence-corrected chi connectivity index (χ2v) is 5.37. The predicted molar refractivity (Wildman–Crippen MR) is 72.9 cm³/mol. The minimum atomic E-state index is 0.268. The topological polar surface area (TPSA) is 39.7 Å². The smallest absolute Gasteiger partial charge is 0.0587 e. The molecule has 18 heavy (non-hydrogen) atoms. The molecule has 1 heterocycles. The first-order valence-electron chi connectivity index (χ1n) is 7.01. The Bertz CT molecular complexity index is 205. The van der Waals surface area contributed by atoms with E-state index in [1.807, 2.05) is 0 Å². The van der Waals surface area contributed by atoms with Crippen LogP contribution in [0.4, 0.5) is 0 Å². The summed E-state index contributed by atoms with van der Waals surface area (Å²) in [6.45, 7) is 7.64. The SMILES string of the molecule is COCCNCC1(C(C)CCOC)CCCOC1. The van der Waals surface area contributed by atoms with Crippen LogP contribution in [-0.4, -0.2) is 53.7 Å². The van der Waals surface area contributed by atoms with Gasteiger partial charge < -0.3 is 19.5 Å². The van der Waals surface area contributed by atoms with E-state index in [4.69, 9.17) is 14.2 Å². The van der Waals surface area contributed by atoms with Gasteiger partial charge in [0.05, 0.1) is 13.2 Å². The maximum absolute atomic E-state index is 5.73. The molecule has 0 aromatic carbocycles. The second kappa shape index (κ2) is 8.86. The highest BCUT2D eigenvalue weighted by Crippen LogP contribution is 2.37. The fourth-order valence-electron chi connectivity index (χ4n) is 2.69. The Morgan fingerprint density at radius 1 is 1.28 bits per heavy atom. The fraction of sp³-hybridized carbons (Fsp3) is 1.00. The standard InChI is InChI=1S/C14H29NO3/c1-13(5-9-16-2)14(6-4-8-18-12-14)11-15-7-10-17-3/h13,15H,4-12H2,1-3H3. The lowest BCUT2D eigenvalue weighted by Crippen LogP contribution is -2.46. The zero-order valence-electron chi connectivity index (χ0n) is 12.2. The molecule has 108 valence electrons. The third kappa shape index (κ3) is 4.84. The van der Waals surface area contributed by atoms with Crippen LogP contribution in [0, 0.1) is 11.3 Å². The molecule has 0 radical (unpaired) electrons. The van der Waals surface area contributed by atoms with Gasteiger partial charge in [-0.1, -0.05) is 6.92 Å². The minimum Gasteiger partial charge on any atom is -0.385 e. The molecule has 1 aliphatic heterocycles. The Hall–Kier alpha value is -0.160. The molecule has 0 aromatic rings. The van der Waals surface area contributed by atoms with Crippen LogP contribution in [0.5, 0.6) is 0 Å². The van der Waals surface area contributed by atoms with E-state index in [0.717, 1.165) is 45.9 Å². The Balaban J connectivity index is 2.45. The van der Waals surface area contributed by atoms with Gasteiger partial charge in [-0.2, -0.15) is 0 Å². The first-order chi connectivity index (χ1) is 8.75. The molecule has 0 aromatic heterocycles. The van der Waals surface area contributed by atoms with Crippen LogP contribution in [-0.2, 0) is 14.2 Å². The van der Waals surface area contributed by atoms with E-state index >= 15 is 0 Å². The maximum atomic E-state index is 5.73. The summed E-state index contributed by atoms with van der Waals surface area (Å²) in [5, 5.41) is 3.51. The molecule has 0 spiro atoms. The number of ether oxygens (including phenoxy) is 3. The largest absolute Gasteiger partial charge is 0.385 e. The summed E-state index contributed by atoms with van der Waals surface area (Å²) in [6, 6.07) is 0. The molecule has 1 aliphatic rings. The fourth-order valence-corrected chi connectivity index (χ4v) is 2.69. The van der Waals surface area contributed by atoms with Crippen molar-refractivity contribution >= 4 is 0 Å². The lowest BCUT2D eigenvalue weighted by molar-refractivity contribution is -0.0440. The molecule has 2 unspecified atom stereocenters. The average molecular weight is 259 g/mol. The third-order valence-electron chi connectivity index (χ3n) is 4.11. The molecule has 4 nitrogen and oxygen atoms in total. The van der Waals surface area contributed by atoms with E-state index in [1.54, 1.807) is 14.2 Å². The molecule has 1 rings (SSSR count). The first kappa shape index (κ1) is 15.9. The van der Waals surface area contributed by atoms with Crippen LogP contribution in [0.25, 0.3) is 0 Å². The lowest BCUT2D eigenvalue weighted by Gasteiger charge is -2.42. The van der Waals surface area contributed by atoms with E-state index in [0.29, 0.717) is 5.92 Å². The Kier molecular flexibility index (Phi) is 7.82. The summed E-state index contributed by atoms with van der Waals surface area (Å²) in [5.41, 5.74) is 0.268. The monoisotopic (exact) mass is 259 g/mol. The number of hydrogen-bond acceptors (Lipinski definition) is 4. The van der Waals surface area contributed by atoms with Gasteiger partial charge in [0, 0.05) is 45.9 Å². The molecule has 2 atom stereocenters. The summed E-state index contributed by atoms with van der Waals surface area (Å²) in [5.74, 6) is 0.618. The van der Waals surface area contributed by atoms with Gasteiger partial charge in [0.2, 0.25) is 0 Å². The van der Waals surface area contributed by atoms with Crippen molar-refractivity contribution in [3.63, 3.8) is 0 Å². The van der Waals surface area contributed by atoms with Gasteiger partial charge in [-0.3, -0.25) is 0 Å². The van der Waals surface area contributed by atoms with E-state index in [-0.39, 0.29) is 5.41 Å². The van der Waals surface area contributed by atoms with Crippen LogP contribution in [0.1, 0.15) is 26.2 Å². The lowest BCUT2D eigenvalue weighted by atomic mass is 9.71. The number of nitrogens with one attached hydrogen (secondary N) is 1. The van der Waals surface area contributed by atoms with E-state index in [1.165, 1.54) is 12.8 Å². The van der Waals surface area contributed by atoms with E-state index < -0.39 is 0 Å². The average Bonchev–Trinajstić information content (AvgIpc) is 2.42. The van der Waals surface area contributed by atoms with Crippen molar-refractivity contribution in [2.75, 3.05) is 53.7 Å². The highest BCUT2D eigenvalue weighted by molar-refractivity contribution is 4.88. The highest BCUT2D eigenvalue weighted by Gasteiger charge is 2.37. The highest BCUT2D eigenvalue weighted by atomic mass is 16.5. The van der Waals surface area contributed by atoms with E-state index in [2.05, 4.69) is 12.2 Å². The number of hydrogen-bond donors (Lipinski definition) is 1. The van der Waals surface area contributed by atoms with Crippen molar-refractivity contribution in [1.82, 2.24) is 5.32 Å². The quantitative estimate of drug-likeness (QED) is 0.640. The zero-order chi connectivity index (χ0) is 13.3. The summed E-state index contributed by atoms with van der Waals surface area (Å²) >= 11 is 0. The molecule has 0 saturated carbocycles. The normalized spacial score (nSPS) is 26.2. The molecular formula is C14H29NO3. The van der Waals surface area contributed by atoms with Crippen LogP contribution < -0.4 is 5.32 Å². The van der Waals surface area contributed by atoms with Crippen molar-refractivity contribution in [3.8, 4) is 0 Å². The molecular weight excluding hydrogens is 230 g/mol. The van der Waals surface area contributed by atoms with Crippen molar-refractivity contribution in [2.24, 2.45) is 11.3 Å². The van der Waals surface area contributed by atoms with Crippen LogP contribution in [0.15, 0.2) is 0 Å². The van der Waals surface area contributed by atoms with Gasteiger partial charge >= 0.3 is 0 Å². The van der Waals surface area contributed by atoms with Crippen LogP contribution in [0.2, 0.25) is 0 Å². The van der Waals surface area contributed by atoms with Gasteiger partial charge in [0.25, 0.3) is 0 Å². The van der Waals surface area contributed by atoms with Crippen LogP contribution in [0.3, 0.4) is 0 Å². The minimum absolute atomic E-state index is 0.268. The van der Waals surface area contributed by atoms with Crippen molar-refractivity contribution in [2.45, 2.75) is 26.2 Å². The molecule has 1 N–H and O–H groups in total. The maximum Gasteiger partial charge on any atom is 0.0587 e. The van der Waals surface area contributed by atoms with Crippen molar-refractivity contribution in [3.05, 3.63) is 0 Å². The summed E-state index contributed by atoms with van der Waals surface area (Å²) in [7, 11) is 3.51. The summed E-state index contributed by atoms with van der Waals surface area (Å²) < 4.78 is 16.0. The Labute approximate surface area is 111 Å². The number of rotatable bonds is 9. The van der Waals surface area contributed by atoms with Crippen molar-refractivity contribution < 1.29 is 14.2 Å². The Morgan fingerprint density at radius 3 is 2.67 bits per heavy atom. The van der Waals surface area contributed by atoms with Gasteiger partial charge in [-0.15, -0.1) is 0 Å².